The SMILES string of the molecule is COC1(CC(Cc2nccs2)NN)CCC1. The highest BCUT2D eigenvalue weighted by molar-refractivity contribution is 7.09. The Labute approximate surface area is 100 Å². The second kappa shape index (κ2) is 5.23. The number of hydrogen-bond acceptors (Lipinski definition) is 5. The van der Waals surface area contributed by atoms with E-state index >= 15 is 0 Å². The van der Waals surface area contributed by atoms with Crippen molar-refractivity contribution in [3.05, 3.63) is 16.6 Å². The summed E-state index contributed by atoms with van der Waals surface area (Å²) in [7, 11) is 1.80. The fourth-order valence-electron chi connectivity index (χ4n) is 2.27. The van der Waals surface area contributed by atoms with E-state index in [2.05, 4.69) is 10.4 Å². The average Bonchev–Trinajstić information content (AvgIpc) is 2.74. The van der Waals surface area contributed by atoms with Gasteiger partial charge < -0.3 is 4.74 Å². The molecule has 1 atom stereocenters. The highest BCUT2D eigenvalue weighted by Crippen LogP contribution is 2.39. The molecule has 1 aliphatic carbocycles. The first kappa shape index (κ1) is 12.0. The molecule has 0 saturated heterocycles. The van der Waals surface area contributed by atoms with Crippen LogP contribution in [0.15, 0.2) is 11.6 Å². The summed E-state index contributed by atoms with van der Waals surface area (Å²) in [5.41, 5.74) is 2.95. The molecule has 1 aliphatic rings. The first-order valence-corrected chi connectivity index (χ1v) is 6.56. The first-order valence-electron chi connectivity index (χ1n) is 5.68. The molecule has 0 radical (unpaired) electrons. The molecule has 4 nitrogen and oxygen atoms in total. The van der Waals surface area contributed by atoms with E-state index in [0.29, 0.717) is 0 Å². The monoisotopic (exact) mass is 241 g/mol. The highest BCUT2D eigenvalue weighted by Gasteiger charge is 2.38. The van der Waals surface area contributed by atoms with E-state index in [0.717, 1.165) is 30.7 Å². The number of rotatable bonds is 6. The van der Waals surface area contributed by atoms with Crippen LogP contribution in [0.3, 0.4) is 0 Å². The summed E-state index contributed by atoms with van der Waals surface area (Å²) in [5, 5.41) is 3.13. The third-order valence-corrected chi connectivity index (χ3v) is 4.26. The van der Waals surface area contributed by atoms with Gasteiger partial charge in [0.25, 0.3) is 0 Å². The summed E-state index contributed by atoms with van der Waals surface area (Å²) in [6.07, 6.45) is 7.27. The van der Waals surface area contributed by atoms with Crippen LogP contribution in [0.5, 0.6) is 0 Å². The molecule has 0 aromatic carbocycles. The van der Waals surface area contributed by atoms with Crippen LogP contribution in [0.4, 0.5) is 0 Å². The molecule has 90 valence electrons. The van der Waals surface area contributed by atoms with Gasteiger partial charge in [-0.1, -0.05) is 0 Å². The maximum atomic E-state index is 5.61. The Kier molecular flexibility index (Phi) is 3.91. The molecule has 1 unspecified atom stereocenters. The van der Waals surface area contributed by atoms with E-state index in [-0.39, 0.29) is 11.6 Å². The fraction of sp³-hybridized carbons (Fsp3) is 0.727. The maximum absolute atomic E-state index is 5.61. The van der Waals surface area contributed by atoms with Crippen molar-refractivity contribution in [3.63, 3.8) is 0 Å². The minimum Gasteiger partial charge on any atom is -0.378 e. The molecule has 0 bridgehead atoms. The van der Waals surface area contributed by atoms with Gasteiger partial charge in [0.15, 0.2) is 0 Å². The number of hydrazine groups is 1. The van der Waals surface area contributed by atoms with Crippen molar-refractivity contribution in [3.8, 4) is 0 Å². The van der Waals surface area contributed by atoms with E-state index < -0.39 is 0 Å². The van der Waals surface area contributed by atoms with Gasteiger partial charge in [0, 0.05) is 31.1 Å². The zero-order valence-electron chi connectivity index (χ0n) is 9.61. The number of hydrogen-bond donors (Lipinski definition) is 2. The summed E-state index contributed by atoms with van der Waals surface area (Å²) < 4.78 is 5.61. The molecular weight excluding hydrogens is 222 g/mol. The fourth-order valence-corrected chi connectivity index (χ4v) is 2.96. The zero-order valence-corrected chi connectivity index (χ0v) is 10.4. The Bertz CT molecular complexity index is 306. The van der Waals surface area contributed by atoms with Crippen LogP contribution in [0.2, 0.25) is 0 Å². The van der Waals surface area contributed by atoms with Gasteiger partial charge >= 0.3 is 0 Å². The van der Waals surface area contributed by atoms with Gasteiger partial charge in [0.2, 0.25) is 0 Å². The third-order valence-electron chi connectivity index (χ3n) is 3.46. The lowest BCUT2D eigenvalue weighted by atomic mass is 9.75. The molecule has 16 heavy (non-hydrogen) atoms. The minimum atomic E-state index is 0.0638. The van der Waals surface area contributed by atoms with Crippen molar-refractivity contribution in [2.45, 2.75) is 43.7 Å². The first-order chi connectivity index (χ1) is 7.78. The highest BCUT2D eigenvalue weighted by atomic mass is 32.1. The van der Waals surface area contributed by atoms with Gasteiger partial charge in [-0.2, -0.15) is 0 Å². The van der Waals surface area contributed by atoms with Crippen molar-refractivity contribution >= 4 is 11.3 Å². The molecule has 2 rings (SSSR count). The number of nitrogens with two attached hydrogens (primary N) is 1. The third kappa shape index (κ3) is 2.60. The number of aromatic nitrogens is 1. The molecule has 1 fully saturated rings. The Morgan fingerprint density at radius 1 is 1.69 bits per heavy atom. The maximum Gasteiger partial charge on any atom is 0.0940 e. The van der Waals surface area contributed by atoms with Crippen molar-refractivity contribution in [2.75, 3.05) is 7.11 Å². The predicted molar refractivity (Wildman–Crippen MR) is 65.1 cm³/mol. The van der Waals surface area contributed by atoms with Crippen molar-refractivity contribution in [1.29, 1.82) is 0 Å². The second-order valence-electron chi connectivity index (χ2n) is 4.44. The van der Waals surface area contributed by atoms with Crippen LogP contribution >= 0.6 is 11.3 Å². The molecule has 0 spiro atoms. The molecule has 1 aromatic rings. The lowest BCUT2D eigenvalue weighted by molar-refractivity contribution is -0.0834. The molecular formula is C11H19N3OS. The number of methoxy groups -OCH3 is 1. The number of thiazole rings is 1. The molecule has 1 saturated carbocycles. The van der Waals surface area contributed by atoms with Crippen molar-refractivity contribution in [1.82, 2.24) is 10.4 Å². The largest absolute Gasteiger partial charge is 0.378 e. The predicted octanol–water partition coefficient (Wildman–Crippen LogP) is 1.48. The quantitative estimate of drug-likeness (QED) is 0.585. The van der Waals surface area contributed by atoms with Gasteiger partial charge in [0.05, 0.1) is 10.6 Å². The van der Waals surface area contributed by atoms with E-state index in [1.165, 1.54) is 6.42 Å². The van der Waals surface area contributed by atoms with Gasteiger partial charge in [0.1, 0.15) is 0 Å². The zero-order chi connectivity index (χ0) is 11.4. The minimum absolute atomic E-state index is 0.0638. The van der Waals surface area contributed by atoms with E-state index in [1.54, 1.807) is 18.4 Å². The summed E-state index contributed by atoms with van der Waals surface area (Å²) in [6, 6.07) is 0.256. The molecule has 3 N–H and O–H groups in total. The van der Waals surface area contributed by atoms with Crippen LogP contribution in [0.25, 0.3) is 0 Å². The van der Waals surface area contributed by atoms with Crippen LogP contribution in [-0.2, 0) is 11.2 Å². The lowest BCUT2D eigenvalue weighted by Crippen LogP contribution is -2.48. The van der Waals surface area contributed by atoms with Gasteiger partial charge in [-0.3, -0.25) is 11.3 Å². The smallest absolute Gasteiger partial charge is 0.0940 e. The van der Waals surface area contributed by atoms with E-state index in [1.807, 2.05) is 11.6 Å². The number of nitrogens with one attached hydrogen (secondary N) is 1. The van der Waals surface area contributed by atoms with E-state index in [4.69, 9.17) is 10.6 Å². The molecule has 0 amide bonds. The van der Waals surface area contributed by atoms with Gasteiger partial charge in [-0.25, -0.2) is 4.98 Å². The van der Waals surface area contributed by atoms with Gasteiger partial charge in [-0.05, 0) is 25.7 Å². The summed E-state index contributed by atoms with van der Waals surface area (Å²) in [5.74, 6) is 5.60. The van der Waals surface area contributed by atoms with Crippen LogP contribution in [-0.4, -0.2) is 23.7 Å². The van der Waals surface area contributed by atoms with Crippen LogP contribution < -0.4 is 11.3 Å². The van der Waals surface area contributed by atoms with Crippen molar-refractivity contribution < 1.29 is 4.74 Å². The Balaban J connectivity index is 1.90. The summed E-state index contributed by atoms with van der Waals surface area (Å²) >= 11 is 1.68. The topological polar surface area (TPSA) is 60.2 Å². The van der Waals surface area contributed by atoms with Gasteiger partial charge in [-0.15, -0.1) is 11.3 Å². The molecule has 0 aliphatic heterocycles. The number of ether oxygens (including phenoxy) is 1. The summed E-state index contributed by atoms with van der Waals surface area (Å²) in [4.78, 5) is 4.29. The van der Waals surface area contributed by atoms with Crippen molar-refractivity contribution in [2.24, 2.45) is 5.84 Å². The standard InChI is InChI=1S/C11H19N3OS/c1-15-11(3-2-4-11)8-9(14-12)7-10-13-5-6-16-10/h5-6,9,14H,2-4,7-8,12H2,1H3. The average molecular weight is 241 g/mol. The second-order valence-corrected chi connectivity index (χ2v) is 5.42. The van der Waals surface area contributed by atoms with Crippen LogP contribution in [0.1, 0.15) is 30.7 Å². The molecule has 1 aromatic heterocycles. The normalized spacial score (nSPS) is 20.4. The van der Waals surface area contributed by atoms with Crippen LogP contribution in [0, 0.1) is 0 Å². The molecule has 5 heteroatoms. The summed E-state index contributed by atoms with van der Waals surface area (Å²) in [6.45, 7) is 0. The lowest BCUT2D eigenvalue weighted by Gasteiger charge is -2.42. The Morgan fingerprint density at radius 3 is 2.94 bits per heavy atom. The molecule has 1 heterocycles. The Hall–Kier alpha value is -0.490. The Morgan fingerprint density at radius 2 is 2.50 bits per heavy atom. The number of nitrogens with zero attached hydrogens (tertiary/aromatic N) is 1. The van der Waals surface area contributed by atoms with E-state index in [9.17, 15) is 0 Å².